The van der Waals surface area contributed by atoms with Gasteiger partial charge in [-0.05, 0) is 66.6 Å². The van der Waals surface area contributed by atoms with Crippen molar-refractivity contribution in [3.8, 4) is 5.75 Å². The molecule has 0 saturated heterocycles. The molecule has 2 aromatic rings. The Bertz CT molecular complexity index is 1180. The first-order valence-electron chi connectivity index (χ1n) is 13.7. The zero-order valence-corrected chi connectivity index (χ0v) is 25.0. The molecule has 0 aliphatic rings. The Labute approximate surface area is 237 Å². The Morgan fingerprint density at radius 2 is 1.57 bits per heavy atom. The van der Waals surface area contributed by atoms with Crippen molar-refractivity contribution in [1.82, 2.24) is 15.1 Å². The highest BCUT2D eigenvalue weighted by Gasteiger charge is 2.38. The first kappa shape index (κ1) is 32.8. The minimum Gasteiger partial charge on any atom is -0.508 e. The number of amides is 3. The van der Waals surface area contributed by atoms with Gasteiger partial charge in [-0.3, -0.25) is 14.4 Å². The molecule has 0 saturated carbocycles. The Morgan fingerprint density at radius 1 is 1.00 bits per heavy atom. The van der Waals surface area contributed by atoms with Crippen LogP contribution in [-0.2, 0) is 32.6 Å². The van der Waals surface area contributed by atoms with Crippen molar-refractivity contribution in [3.05, 3.63) is 65.0 Å². The number of nitrogens with one attached hydrogen (secondary N) is 1. The summed E-state index contributed by atoms with van der Waals surface area (Å²) in [6.45, 7) is 11.6. The molecular formula is C31H45FN4O4. The average molecular weight is 557 g/mol. The topological polar surface area (TPSA) is 116 Å². The minimum atomic E-state index is -0.945. The van der Waals surface area contributed by atoms with Crippen LogP contribution in [0.3, 0.4) is 0 Å². The third-order valence-electron chi connectivity index (χ3n) is 7.28. The maximum Gasteiger partial charge on any atom is 0.246 e. The summed E-state index contributed by atoms with van der Waals surface area (Å²) in [5.74, 6) is -1.77. The van der Waals surface area contributed by atoms with Crippen molar-refractivity contribution in [1.29, 1.82) is 0 Å². The summed E-state index contributed by atoms with van der Waals surface area (Å²) in [6.07, 6.45) is 0.488. The van der Waals surface area contributed by atoms with Crippen molar-refractivity contribution in [3.63, 3.8) is 0 Å². The van der Waals surface area contributed by atoms with Crippen LogP contribution in [0, 0.1) is 11.7 Å². The molecule has 0 heterocycles. The molecule has 0 bridgehead atoms. The highest BCUT2D eigenvalue weighted by molar-refractivity contribution is 5.93. The molecule has 0 radical (unpaired) electrons. The number of likely N-dealkylation sites (N-methyl/N-ethyl adjacent to an activating group) is 3. The van der Waals surface area contributed by atoms with E-state index in [2.05, 4.69) is 5.32 Å². The number of halogens is 1. The SMILES string of the molecule is CCN(C(=O)[C@H](C(C)C)N(C)C(=O)[C@H](Cc1ccc(F)cc1)NC)[C@@H](Cc1ccc(O)c(C(C)(C)C)c1)C(N)=O. The number of rotatable bonds is 12. The summed E-state index contributed by atoms with van der Waals surface area (Å²) in [4.78, 5) is 43.1. The molecule has 2 rings (SSSR count). The fourth-order valence-corrected chi connectivity index (χ4v) is 5.05. The number of phenolic OH excluding ortho intramolecular Hbond substituents is 1. The normalized spacial score (nSPS) is 13.9. The van der Waals surface area contributed by atoms with Gasteiger partial charge in [0.15, 0.2) is 0 Å². The maximum absolute atomic E-state index is 14.0. The molecule has 4 N–H and O–H groups in total. The van der Waals surface area contributed by atoms with E-state index in [1.807, 2.05) is 40.7 Å². The van der Waals surface area contributed by atoms with Gasteiger partial charge in [0, 0.05) is 20.0 Å². The molecule has 0 spiro atoms. The summed E-state index contributed by atoms with van der Waals surface area (Å²) in [5, 5.41) is 13.4. The standard InChI is InChI=1S/C31H45FN4O4/c1-9-36(25(28(33)38)18-21-12-15-26(37)23(16-21)31(4,5)6)30(40)27(19(2)3)35(8)29(39)24(34-7)17-20-10-13-22(32)14-11-20/h10-16,19,24-25,27,34,37H,9,17-18H2,1-8H3,(H2,33,38)/t24-,25-,27-/m0/s1. The smallest absolute Gasteiger partial charge is 0.246 e. The monoisotopic (exact) mass is 556 g/mol. The van der Waals surface area contributed by atoms with Gasteiger partial charge < -0.3 is 26.0 Å². The number of aromatic hydroxyl groups is 1. The molecule has 220 valence electrons. The van der Waals surface area contributed by atoms with Crippen LogP contribution in [-0.4, -0.2) is 71.4 Å². The summed E-state index contributed by atoms with van der Waals surface area (Å²) in [6, 6.07) is 8.67. The van der Waals surface area contributed by atoms with Gasteiger partial charge in [-0.15, -0.1) is 0 Å². The lowest BCUT2D eigenvalue weighted by Crippen LogP contribution is -2.59. The van der Waals surface area contributed by atoms with Crippen LogP contribution < -0.4 is 11.1 Å². The Morgan fingerprint density at radius 3 is 2.05 bits per heavy atom. The Hall–Kier alpha value is -3.46. The minimum absolute atomic E-state index is 0.162. The third-order valence-corrected chi connectivity index (χ3v) is 7.28. The molecule has 8 nitrogen and oxygen atoms in total. The third kappa shape index (κ3) is 8.03. The van der Waals surface area contributed by atoms with Gasteiger partial charge in [-0.25, -0.2) is 4.39 Å². The van der Waals surface area contributed by atoms with E-state index in [0.717, 1.165) is 16.7 Å². The molecule has 9 heteroatoms. The number of benzene rings is 2. The average Bonchev–Trinajstić information content (AvgIpc) is 2.87. The van der Waals surface area contributed by atoms with E-state index in [1.54, 1.807) is 45.3 Å². The van der Waals surface area contributed by atoms with Gasteiger partial charge in [-0.2, -0.15) is 0 Å². The number of carbonyl (C=O) groups excluding carboxylic acids is 3. The molecular weight excluding hydrogens is 511 g/mol. The van der Waals surface area contributed by atoms with Crippen molar-refractivity contribution in [2.75, 3.05) is 20.6 Å². The van der Waals surface area contributed by atoms with Crippen molar-refractivity contribution in [2.45, 2.75) is 77.9 Å². The van der Waals surface area contributed by atoms with E-state index in [9.17, 15) is 23.9 Å². The van der Waals surface area contributed by atoms with Crippen LogP contribution in [0.2, 0.25) is 0 Å². The second-order valence-corrected chi connectivity index (χ2v) is 11.7. The van der Waals surface area contributed by atoms with Crippen molar-refractivity contribution in [2.24, 2.45) is 11.7 Å². The van der Waals surface area contributed by atoms with Crippen LogP contribution in [0.25, 0.3) is 0 Å². The second-order valence-electron chi connectivity index (χ2n) is 11.7. The molecule has 0 aliphatic heterocycles. The summed E-state index contributed by atoms with van der Waals surface area (Å²) >= 11 is 0. The second kappa shape index (κ2) is 13.7. The lowest BCUT2D eigenvalue weighted by Gasteiger charge is -2.38. The van der Waals surface area contributed by atoms with Gasteiger partial charge in [-0.1, -0.05) is 58.9 Å². The van der Waals surface area contributed by atoms with E-state index in [4.69, 9.17) is 5.73 Å². The zero-order valence-electron chi connectivity index (χ0n) is 25.0. The van der Waals surface area contributed by atoms with E-state index >= 15 is 0 Å². The van der Waals surface area contributed by atoms with Gasteiger partial charge in [0.05, 0.1) is 6.04 Å². The van der Waals surface area contributed by atoms with Crippen LogP contribution in [0.4, 0.5) is 4.39 Å². The lowest BCUT2D eigenvalue weighted by molar-refractivity contribution is -0.150. The first-order chi connectivity index (χ1) is 18.6. The van der Waals surface area contributed by atoms with Gasteiger partial charge in [0.25, 0.3) is 0 Å². The number of nitrogens with two attached hydrogens (primary N) is 1. The largest absolute Gasteiger partial charge is 0.508 e. The van der Waals surface area contributed by atoms with Crippen LogP contribution in [0.15, 0.2) is 42.5 Å². The van der Waals surface area contributed by atoms with Crippen molar-refractivity contribution >= 4 is 17.7 Å². The first-order valence-corrected chi connectivity index (χ1v) is 13.7. The number of hydrogen-bond acceptors (Lipinski definition) is 5. The van der Waals surface area contributed by atoms with E-state index in [1.165, 1.54) is 21.9 Å². The number of phenols is 1. The Kier molecular flexibility index (Phi) is 11.3. The van der Waals surface area contributed by atoms with Crippen LogP contribution in [0.1, 0.15) is 58.2 Å². The zero-order chi connectivity index (χ0) is 30.4. The summed E-state index contributed by atoms with van der Waals surface area (Å²) in [5.41, 5.74) is 7.78. The maximum atomic E-state index is 14.0. The highest BCUT2D eigenvalue weighted by Crippen LogP contribution is 2.32. The highest BCUT2D eigenvalue weighted by atomic mass is 19.1. The van der Waals surface area contributed by atoms with Gasteiger partial charge >= 0.3 is 0 Å². The van der Waals surface area contributed by atoms with E-state index in [0.29, 0.717) is 6.42 Å². The number of nitrogens with zero attached hydrogens (tertiary/aromatic N) is 2. The predicted octanol–water partition coefficient (Wildman–Crippen LogP) is 3.39. The van der Waals surface area contributed by atoms with Gasteiger partial charge in [0.2, 0.25) is 17.7 Å². The molecule has 0 fully saturated rings. The lowest BCUT2D eigenvalue weighted by atomic mass is 9.84. The van der Waals surface area contributed by atoms with E-state index < -0.39 is 24.0 Å². The fraction of sp³-hybridized carbons (Fsp3) is 0.516. The molecule has 3 atom stereocenters. The summed E-state index contributed by atoms with van der Waals surface area (Å²) < 4.78 is 13.4. The molecule has 40 heavy (non-hydrogen) atoms. The quantitative estimate of drug-likeness (QED) is 0.371. The Balaban J connectivity index is 2.35. The molecule has 2 aromatic carbocycles. The van der Waals surface area contributed by atoms with E-state index in [-0.39, 0.29) is 47.7 Å². The number of hydrogen-bond donors (Lipinski definition) is 3. The molecule has 0 aliphatic carbocycles. The molecule has 0 aromatic heterocycles. The summed E-state index contributed by atoms with van der Waals surface area (Å²) in [7, 11) is 3.25. The fourth-order valence-electron chi connectivity index (χ4n) is 5.05. The van der Waals surface area contributed by atoms with Crippen LogP contribution >= 0.6 is 0 Å². The predicted molar refractivity (Wildman–Crippen MR) is 155 cm³/mol. The molecule has 0 unspecified atom stereocenters. The van der Waals surface area contributed by atoms with Crippen molar-refractivity contribution < 1.29 is 23.9 Å². The number of primary amides is 1. The van der Waals surface area contributed by atoms with Gasteiger partial charge in [0.1, 0.15) is 23.7 Å². The molecule has 3 amide bonds. The van der Waals surface area contributed by atoms with Crippen LogP contribution in [0.5, 0.6) is 5.75 Å². The number of carbonyl (C=O) groups is 3.